The molecule has 1 aliphatic rings. The highest BCUT2D eigenvalue weighted by molar-refractivity contribution is 5.96. The molecule has 152 valence electrons. The molecule has 2 atom stereocenters. The van der Waals surface area contributed by atoms with Gasteiger partial charge in [0.2, 0.25) is 17.7 Å². The topological polar surface area (TPSA) is 78.5 Å². The fourth-order valence-electron chi connectivity index (χ4n) is 3.59. The summed E-state index contributed by atoms with van der Waals surface area (Å²) >= 11 is 0. The first-order valence-electron chi connectivity index (χ1n) is 9.85. The maximum absolute atomic E-state index is 12.5. The number of aryl methyl sites for hydroxylation is 1. The summed E-state index contributed by atoms with van der Waals surface area (Å²) in [4.78, 5) is 38.9. The van der Waals surface area contributed by atoms with Crippen molar-refractivity contribution in [3.05, 3.63) is 65.2 Å². The van der Waals surface area contributed by atoms with Gasteiger partial charge in [-0.2, -0.15) is 0 Å². The summed E-state index contributed by atoms with van der Waals surface area (Å²) in [5, 5.41) is 5.49. The van der Waals surface area contributed by atoms with E-state index in [1.165, 1.54) is 0 Å². The molecule has 2 N–H and O–H groups in total. The van der Waals surface area contributed by atoms with E-state index in [2.05, 4.69) is 10.6 Å². The van der Waals surface area contributed by atoms with Crippen LogP contribution in [0, 0.1) is 19.8 Å². The molecule has 0 aliphatic carbocycles. The highest BCUT2D eigenvalue weighted by Gasteiger charge is 2.37. The van der Waals surface area contributed by atoms with Gasteiger partial charge >= 0.3 is 0 Å². The molecule has 0 aromatic heterocycles. The van der Waals surface area contributed by atoms with Crippen molar-refractivity contribution in [2.45, 2.75) is 33.2 Å². The molecule has 0 spiro atoms. The largest absolute Gasteiger partial charge is 0.347 e. The minimum atomic E-state index is -0.442. The third kappa shape index (κ3) is 4.83. The summed E-state index contributed by atoms with van der Waals surface area (Å²) in [7, 11) is 0. The molecule has 2 unspecified atom stereocenters. The summed E-state index contributed by atoms with van der Waals surface area (Å²) in [6, 6.07) is 15.4. The summed E-state index contributed by atoms with van der Waals surface area (Å²) in [5.74, 6) is -1.04. The fourth-order valence-corrected chi connectivity index (χ4v) is 3.59. The Kier molecular flexibility index (Phi) is 6.32. The van der Waals surface area contributed by atoms with Gasteiger partial charge < -0.3 is 15.5 Å². The molecule has 0 bridgehead atoms. The van der Waals surface area contributed by atoms with Gasteiger partial charge in [-0.3, -0.25) is 14.4 Å². The normalized spacial score (nSPS) is 17.1. The maximum Gasteiger partial charge on any atom is 0.243 e. The fraction of sp³-hybridized carbons (Fsp3) is 0.348. The van der Waals surface area contributed by atoms with E-state index in [0.717, 1.165) is 22.4 Å². The minimum absolute atomic E-state index is 0.0404. The van der Waals surface area contributed by atoms with Crippen molar-refractivity contribution in [1.29, 1.82) is 0 Å². The zero-order chi connectivity index (χ0) is 21.0. The van der Waals surface area contributed by atoms with E-state index in [-0.39, 0.29) is 36.7 Å². The van der Waals surface area contributed by atoms with Crippen LogP contribution in [0.15, 0.2) is 48.5 Å². The Morgan fingerprint density at radius 3 is 2.55 bits per heavy atom. The molecular formula is C23H27N3O3. The number of hydrogen-bond donors (Lipinski definition) is 2. The smallest absolute Gasteiger partial charge is 0.243 e. The zero-order valence-electron chi connectivity index (χ0n) is 17.1. The van der Waals surface area contributed by atoms with Crippen molar-refractivity contribution in [2.75, 3.05) is 18.4 Å². The Morgan fingerprint density at radius 2 is 1.83 bits per heavy atom. The summed E-state index contributed by atoms with van der Waals surface area (Å²) in [6.07, 6.45) is 0.168. The number of nitrogens with zero attached hydrogens (tertiary/aromatic N) is 1. The third-order valence-electron chi connectivity index (χ3n) is 5.58. The number of rotatable bonds is 6. The minimum Gasteiger partial charge on any atom is -0.347 e. The van der Waals surface area contributed by atoms with Gasteiger partial charge in [-0.25, -0.2) is 0 Å². The number of carbonyl (C=O) groups is 3. The van der Waals surface area contributed by atoms with E-state index >= 15 is 0 Å². The average molecular weight is 393 g/mol. The van der Waals surface area contributed by atoms with E-state index in [9.17, 15) is 14.4 Å². The Balaban J connectivity index is 1.53. The SMILES string of the molecule is Cc1cccc(NC(=O)CNC(=O)C2CC(=O)N(C(C)c3ccccc3)C2)c1C. The van der Waals surface area contributed by atoms with E-state index in [0.29, 0.717) is 6.54 Å². The number of hydrogen-bond acceptors (Lipinski definition) is 3. The number of amides is 3. The number of carbonyl (C=O) groups excluding carboxylic acids is 3. The molecule has 3 rings (SSSR count). The van der Waals surface area contributed by atoms with Gasteiger partial charge in [0.15, 0.2) is 0 Å². The van der Waals surface area contributed by atoms with Crippen molar-refractivity contribution in [2.24, 2.45) is 5.92 Å². The second kappa shape index (κ2) is 8.90. The molecule has 0 radical (unpaired) electrons. The second-order valence-corrected chi connectivity index (χ2v) is 7.55. The standard InChI is InChI=1S/C23H27N3O3/c1-15-8-7-11-20(16(15)2)25-21(27)13-24-23(29)19-12-22(28)26(14-19)17(3)18-9-5-4-6-10-18/h4-11,17,19H,12-14H2,1-3H3,(H,24,29)(H,25,27). The van der Waals surface area contributed by atoms with Gasteiger partial charge in [0.25, 0.3) is 0 Å². The van der Waals surface area contributed by atoms with E-state index in [4.69, 9.17) is 0 Å². The van der Waals surface area contributed by atoms with Crippen LogP contribution in [-0.4, -0.2) is 35.7 Å². The molecule has 6 nitrogen and oxygen atoms in total. The van der Waals surface area contributed by atoms with Crippen molar-refractivity contribution < 1.29 is 14.4 Å². The van der Waals surface area contributed by atoms with Crippen molar-refractivity contribution in [3.63, 3.8) is 0 Å². The van der Waals surface area contributed by atoms with E-state index in [1.54, 1.807) is 4.90 Å². The van der Waals surface area contributed by atoms with Gasteiger partial charge in [-0.05, 0) is 43.5 Å². The van der Waals surface area contributed by atoms with Crippen LogP contribution >= 0.6 is 0 Å². The molecule has 3 amide bonds. The van der Waals surface area contributed by atoms with Crippen molar-refractivity contribution in [3.8, 4) is 0 Å². The molecule has 6 heteroatoms. The number of likely N-dealkylation sites (tertiary alicyclic amines) is 1. The number of benzene rings is 2. The Bertz CT molecular complexity index is 911. The van der Waals surface area contributed by atoms with E-state index in [1.807, 2.05) is 69.3 Å². The Morgan fingerprint density at radius 1 is 1.10 bits per heavy atom. The van der Waals surface area contributed by atoms with Crippen LogP contribution in [0.4, 0.5) is 5.69 Å². The molecule has 0 saturated carbocycles. The van der Waals surface area contributed by atoms with Crippen LogP contribution in [0.3, 0.4) is 0 Å². The van der Waals surface area contributed by atoms with Crippen LogP contribution in [0.5, 0.6) is 0 Å². The molecule has 2 aromatic rings. The molecule has 1 heterocycles. The van der Waals surface area contributed by atoms with Gasteiger partial charge in [0.1, 0.15) is 0 Å². The Hall–Kier alpha value is -3.15. The molecule has 1 aliphatic heterocycles. The van der Waals surface area contributed by atoms with Crippen LogP contribution in [0.1, 0.15) is 36.1 Å². The first-order valence-corrected chi connectivity index (χ1v) is 9.85. The summed E-state index contributed by atoms with van der Waals surface area (Å²) in [6.45, 7) is 6.12. The lowest BCUT2D eigenvalue weighted by atomic mass is 10.1. The highest BCUT2D eigenvalue weighted by atomic mass is 16.2. The van der Waals surface area contributed by atoms with Gasteiger partial charge in [0, 0.05) is 18.7 Å². The number of anilines is 1. The lowest BCUT2D eigenvalue weighted by Crippen LogP contribution is -2.38. The van der Waals surface area contributed by atoms with Crippen LogP contribution in [0.2, 0.25) is 0 Å². The van der Waals surface area contributed by atoms with Crippen LogP contribution in [0.25, 0.3) is 0 Å². The lowest BCUT2D eigenvalue weighted by molar-refractivity contribution is -0.130. The molecule has 1 fully saturated rings. The lowest BCUT2D eigenvalue weighted by Gasteiger charge is -2.25. The second-order valence-electron chi connectivity index (χ2n) is 7.55. The monoisotopic (exact) mass is 393 g/mol. The molecule has 1 saturated heterocycles. The number of nitrogens with one attached hydrogen (secondary N) is 2. The molecular weight excluding hydrogens is 366 g/mol. The Labute approximate surface area is 171 Å². The van der Waals surface area contributed by atoms with Gasteiger partial charge in [-0.15, -0.1) is 0 Å². The van der Waals surface area contributed by atoms with Crippen LogP contribution < -0.4 is 10.6 Å². The van der Waals surface area contributed by atoms with Gasteiger partial charge in [0.05, 0.1) is 18.5 Å². The third-order valence-corrected chi connectivity index (χ3v) is 5.58. The van der Waals surface area contributed by atoms with Crippen LogP contribution in [-0.2, 0) is 14.4 Å². The van der Waals surface area contributed by atoms with E-state index < -0.39 is 5.92 Å². The molecule has 2 aromatic carbocycles. The first-order chi connectivity index (χ1) is 13.9. The highest BCUT2D eigenvalue weighted by Crippen LogP contribution is 2.28. The summed E-state index contributed by atoms with van der Waals surface area (Å²) < 4.78 is 0. The quantitative estimate of drug-likeness (QED) is 0.792. The van der Waals surface area contributed by atoms with Crippen molar-refractivity contribution in [1.82, 2.24) is 10.2 Å². The van der Waals surface area contributed by atoms with Gasteiger partial charge in [-0.1, -0.05) is 42.5 Å². The first kappa shape index (κ1) is 20.6. The average Bonchev–Trinajstić information content (AvgIpc) is 3.11. The van der Waals surface area contributed by atoms with Crippen molar-refractivity contribution >= 4 is 23.4 Å². The predicted octanol–water partition coefficient (Wildman–Crippen LogP) is 2.97. The zero-order valence-corrected chi connectivity index (χ0v) is 17.1. The summed E-state index contributed by atoms with van der Waals surface area (Å²) in [5.41, 5.74) is 3.86. The molecule has 29 heavy (non-hydrogen) atoms. The predicted molar refractivity (Wildman–Crippen MR) is 112 cm³/mol. The maximum atomic E-state index is 12.5.